The van der Waals surface area contributed by atoms with E-state index in [-0.39, 0.29) is 17.9 Å². The van der Waals surface area contributed by atoms with E-state index in [1.54, 1.807) is 0 Å². The van der Waals surface area contributed by atoms with Gasteiger partial charge in [-0.1, -0.05) is 6.92 Å². The average molecular weight is 240 g/mol. The molecule has 2 aliphatic heterocycles. The van der Waals surface area contributed by atoms with Gasteiger partial charge in [-0.05, 0) is 32.2 Å². The standard InChI is InChI=1S/C13H24N2O2/c1-9(13(16)17-3)10(2)15-7-11-5-4-6-14-12(11)8-15/h9-12,14H,4-8H2,1-3H3. The zero-order valence-corrected chi connectivity index (χ0v) is 11.1. The molecular formula is C13H24N2O2. The van der Waals surface area contributed by atoms with Crippen LogP contribution in [0.3, 0.4) is 0 Å². The topological polar surface area (TPSA) is 41.6 Å². The van der Waals surface area contributed by atoms with E-state index in [9.17, 15) is 4.79 Å². The minimum absolute atomic E-state index is 0.0415. The van der Waals surface area contributed by atoms with Crippen molar-refractivity contribution in [2.24, 2.45) is 11.8 Å². The first kappa shape index (κ1) is 12.8. The zero-order valence-electron chi connectivity index (χ0n) is 11.1. The third-order valence-corrected chi connectivity index (χ3v) is 4.50. The van der Waals surface area contributed by atoms with Crippen molar-refractivity contribution >= 4 is 5.97 Å². The molecule has 0 aromatic carbocycles. The molecule has 2 fully saturated rings. The van der Waals surface area contributed by atoms with Gasteiger partial charge in [0.15, 0.2) is 0 Å². The van der Waals surface area contributed by atoms with E-state index in [0.29, 0.717) is 6.04 Å². The van der Waals surface area contributed by atoms with E-state index < -0.39 is 0 Å². The number of likely N-dealkylation sites (tertiary alicyclic amines) is 1. The molecule has 98 valence electrons. The van der Waals surface area contributed by atoms with E-state index in [0.717, 1.165) is 25.6 Å². The Labute approximate surface area is 104 Å². The highest BCUT2D eigenvalue weighted by Crippen LogP contribution is 2.28. The van der Waals surface area contributed by atoms with Crippen LogP contribution in [0.2, 0.25) is 0 Å². The maximum atomic E-state index is 11.6. The highest BCUT2D eigenvalue weighted by atomic mass is 16.5. The number of ether oxygens (including phenoxy) is 1. The summed E-state index contributed by atoms with van der Waals surface area (Å²) in [5.41, 5.74) is 0. The third-order valence-electron chi connectivity index (χ3n) is 4.50. The van der Waals surface area contributed by atoms with Crippen LogP contribution in [0, 0.1) is 11.8 Å². The second-order valence-corrected chi connectivity index (χ2v) is 5.47. The van der Waals surface area contributed by atoms with Crippen LogP contribution in [0.25, 0.3) is 0 Å². The molecule has 4 atom stereocenters. The normalized spacial score (nSPS) is 32.9. The smallest absolute Gasteiger partial charge is 0.309 e. The van der Waals surface area contributed by atoms with Crippen LogP contribution in [-0.2, 0) is 9.53 Å². The minimum Gasteiger partial charge on any atom is -0.469 e. The molecule has 4 nitrogen and oxygen atoms in total. The number of carbonyl (C=O) groups excluding carboxylic acids is 1. The van der Waals surface area contributed by atoms with Crippen LogP contribution in [-0.4, -0.2) is 49.7 Å². The summed E-state index contributed by atoms with van der Waals surface area (Å²) < 4.78 is 4.83. The van der Waals surface area contributed by atoms with Gasteiger partial charge < -0.3 is 10.1 Å². The molecule has 17 heavy (non-hydrogen) atoms. The van der Waals surface area contributed by atoms with Crippen molar-refractivity contribution in [3.05, 3.63) is 0 Å². The molecule has 2 rings (SSSR count). The highest BCUT2D eigenvalue weighted by Gasteiger charge is 2.38. The predicted molar refractivity (Wildman–Crippen MR) is 66.7 cm³/mol. The van der Waals surface area contributed by atoms with Crippen LogP contribution in [0.15, 0.2) is 0 Å². The van der Waals surface area contributed by atoms with Crippen LogP contribution in [0.5, 0.6) is 0 Å². The summed E-state index contributed by atoms with van der Waals surface area (Å²) in [5.74, 6) is 0.636. The largest absolute Gasteiger partial charge is 0.469 e. The first-order valence-corrected chi connectivity index (χ1v) is 6.68. The fourth-order valence-corrected chi connectivity index (χ4v) is 3.11. The average Bonchev–Trinajstić information content (AvgIpc) is 2.79. The van der Waals surface area contributed by atoms with Crippen LogP contribution in [0.1, 0.15) is 26.7 Å². The zero-order chi connectivity index (χ0) is 12.4. The van der Waals surface area contributed by atoms with Gasteiger partial charge in [-0.15, -0.1) is 0 Å². The number of nitrogens with one attached hydrogen (secondary N) is 1. The van der Waals surface area contributed by atoms with Gasteiger partial charge in [-0.25, -0.2) is 0 Å². The molecule has 2 aliphatic rings. The first-order valence-electron chi connectivity index (χ1n) is 6.68. The third kappa shape index (κ3) is 2.63. The quantitative estimate of drug-likeness (QED) is 0.743. The van der Waals surface area contributed by atoms with Crippen molar-refractivity contribution in [3.8, 4) is 0 Å². The van der Waals surface area contributed by atoms with Gasteiger partial charge in [0.05, 0.1) is 13.0 Å². The number of methoxy groups -OCH3 is 1. The lowest BCUT2D eigenvalue weighted by atomic mass is 9.94. The molecule has 0 spiro atoms. The van der Waals surface area contributed by atoms with Crippen LogP contribution in [0.4, 0.5) is 0 Å². The number of hydrogen-bond donors (Lipinski definition) is 1. The van der Waals surface area contributed by atoms with Gasteiger partial charge in [0.1, 0.15) is 0 Å². The number of carbonyl (C=O) groups is 1. The summed E-state index contributed by atoms with van der Waals surface area (Å²) in [4.78, 5) is 14.0. The molecule has 4 unspecified atom stereocenters. The highest BCUT2D eigenvalue weighted by molar-refractivity contribution is 5.72. The number of piperidine rings is 1. The Morgan fingerprint density at radius 2 is 2.18 bits per heavy atom. The molecule has 1 N–H and O–H groups in total. The van der Waals surface area contributed by atoms with Crippen molar-refractivity contribution in [3.63, 3.8) is 0 Å². The molecule has 0 saturated carbocycles. The number of hydrogen-bond acceptors (Lipinski definition) is 4. The van der Waals surface area contributed by atoms with Gasteiger partial charge >= 0.3 is 5.97 Å². The van der Waals surface area contributed by atoms with Crippen LogP contribution >= 0.6 is 0 Å². The summed E-state index contributed by atoms with van der Waals surface area (Å²) in [6, 6.07) is 0.908. The van der Waals surface area contributed by atoms with Gasteiger partial charge in [0.2, 0.25) is 0 Å². The molecule has 2 heterocycles. The monoisotopic (exact) mass is 240 g/mol. The van der Waals surface area contributed by atoms with E-state index in [2.05, 4.69) is 17.1 Å². The molecule has 2 saturated heterocycles. The molecule has 0 bridgehead atoms. The summed E-state index contributed by atoms with van der Waals surface area (Å²) in [6.07, 6.45) is 2.61. The Hall–Kier alpha value is -0.610. The maximum Gasteiger partial charge on any atom is 0.309 e. The molecular weight excluding hydrogens is 216 g/mol. The Morgan fingerprint density at radius 1 is 1.41 bits per heavy atom. The van der Waals surface area contributed by atoms with Crippen molar-refractivity contribution in [1.82, 2.24) is 10.2 Å². The SMILES string of the molecule is COC(=O)C(C)C(C)N1CC2CCCNC2C1. The lowest BCUT2D eigenvalue weighted by Crippen LogP contribution is -2.42. The Morgan fingerprint density at radius 3 is 2.82 bits per heavy atom. The summed E-state index contributed by atoms with van der Waals surface area (Å²) in [7, 11) is 1.47. The van der Waals surface area contributed by atoms with Crippen molar-refractivity contribution < 1.29 is 9.53 Å². The Balaban J connectivity index is 1.92. The summed E-state index contributed by atoms with van der Waals surface area (Å²) in [6.45, 7) is 7.45. The fraction of sp³-hybridized carbons (Fsp3) is 0.923. The summed E-state index contributed by atoms with van der Waals surface area (Å²) in [5, 5.41) is 3.59. The Bertz CT molecular complexity index is 269. The lowest BCUT2D eigenvalue weighted by molar-refractivity contribution is -0.146. The molecule has 0 aromatic rings. The van der Waals surface area contributed by atoms with E-state index >= 15 is 0 Å². The molecule has 4 heteroatoms. The maximum absolute atomic E-state index is 11.6. The van der Waals surface area contributed by atoms with Gasteiger partial charge in [-0.3, -0.25) is 9.69 Å². The molecule has 0 aromatic heterocycles. The lowest BCUT2D eigenvalue weighted by Gasteiger charge is -2.28. The van der Waals surface area contributed by atoms with Gasteiger partial charge in [0.25, 0.3) is 0 Å². The molecule has 0 aliphatic carbocycles. The molecule has 0 amide bonds. The predicted octanol–water partition coefficient (Wildman–Crippen LogP) is 0.868. The van der Waals surface area contributed by atoms with Gasteiger partial charge in [-0.2, -0.15) is 0 Å². The first-order chi connectivity index (χ1) is 8.13. The number of nitrogens with zero attached hydrogens (tertiary/aromatic N) is 1. The van der Waals surface area contributed by atoms with Gasteiger partial charge in [0, 0.05) is 25.2 Å². The fourth-order valence-electron chi connectivity index (χ4n) is 3.11. The van der Waals surface area contributed by atoms with E-state index in [1.807, 2.05) is 6.92 Å². The van der Waals surface area contributed by atoms with Crippen molar-refractivity contribution in [1.29, 1.82) is 0 Å². The van der Waals surface area contributed by atoms with E-state index in [1.165, 1.54) is 20.0 Å². The minimum atomic E-state index is -0.0969. The second kappa shape index (κ2) is 5.36. The number of rotatable bonds is 3. The Kier molecular flexibility index (Phi) is 4.05. The number of fused-ring (bicyclic) bond motifs is 1. The van der Waals surface area contributed by atoms with Crippen molar-refractivity contribution in [2.45, 2.75) is 38.8 Å². The molecule has 0 radical (unpaired) electrons. The number of esters is 1. The second-order valence-electron chi connectivity index (χ2n) is 5.47. The summed E-state index contributed by atoms with van der Waals surface area (Å²) >= 11 is 0. The van der Waals surface area contributed by atoms with E-state index in [4.69, 9.17) is 4.74 Å². The van der Waals surface area contributed by atoms with Crippen molar-refractivity contribution in [2.75, 3.05) is 26.7 Å². The van der Waals surface area contributed by atoms with Crippen LogP contribution < -0.4 is 5.32 Å².